The molecule has 0 fully saturated rings. The van der Waals surface area contributed by atoms with E-state index < -0.39 is 17.4 Å². The Morgan fingerprint density at radius 3 is 2.38 bits per heavy atom. The first-order valence-corrected chi connectivity index (χ1v) is 4.13. The van der Waals surface area contributed by atoms with Gasteiger partial charge in [0.05, 0.1) is 5.54 Å². The number of hydrogen-bond acceptors (Lipinski definition) is 3. The Labute approximate surface area is 77.3 Å². The van der Waals surface area contributed by atoms with Crippen molar-refractivity contribution in [3.8, 4) is 0 Å². The lowest BCUT2D eigenvalue weighted by atomic mass is 10.1. The number of amides is 1. The fourth-order valence-electron chi connectivity index (χ4n) is 0.728. The summed E-state index contributed by atoms with van der Waals surface area (Å²) < 4.78 is 0. The highest BCUT2D eigenvalue weighted by molar-refractivity contribution is 5.83. The van der Waals surface area contributed by atoms with Crippen molar-refractivity contribution in [1.82, 2.24) is 5.32 Å². The minimum atomic E-state index is -0.835. The number of hydrogen-bond donors (Lipinski definition) is 3. The van der Waals surface area contributed by atoms with Crippen LogP contribution in [0.15, 0.2) is 0 Å². The zero-order valence-corrected chi connectivity index (χ0v) is 7.96. The first-order chi connectivity index (χ1) is 5.86. The number of carboxylic acid groups (broad SMARTS) is 1. The summed E-state index contributed by atoms with van der Waals surface area (Å²) in [6.07, 6.45) is 0.591. The summed E-state index contributed by atoms with van der Waals surface area (Å²) in [6.45, 7) is 3.80. The van der Waals surface area contributed by atoms with Gasteiger partial charge in [0.15, 0.2) is 0 Å². The molecule has 0 aromatic heterocycles. The van der Waals surface area contributed by atoms with Crippen molar-refractivity contribution in [3.63, 3.8) is 0 Å². The van der Waals surface area contributed by atoms with E-state index in [0.29, 0.717) is 13.0 Å². The Kier molecular flexibility index (Phi) is 4.40. The first kappa shape index (κ1) is 11.9. The van der Waals surface area contributed by atoms with Crippen LogP contribution < -0.4 is 11.1 Å². The molecule has 5 nitrogen and oxygen atoms in total. The number of aliphatic carboxylic acids is 1. The largest absolute Gasteiger partial charge is 0.481 e. The van der Waals surface area contributed by atoms with E-state index >= 15 is 0 Å². The molecule has 0 unspecified atom stereocenters. The third-order valence-electron chi connectivity index (χ3n) is 1.75. The number of carbonyl (C=O) groups is 2. The van der Waals surface area contributed by atoms with E-state index in [-0.39, 0.29) is 6.42 Å². The van der Waals surface area contributed by atoms with E-state index in [1.165, 1.54) is 0 Å². The lowest BCUT2D eigenvalue weighted by molar-refractivity contribution is -0.137. The summed E-state index contributed by atoms with van der Waals surface area (Å²) in [6, 6.07) is 0. The van der Waals surface area contributed by atoms with Crippen LogP contribution in [-0.2, 0) is 9.59 Å². The first-order valence-electron chi connectivity index (χ1n) is 4.13. The van der Waals surface area contributed by atoms with Crippen LogP contribution in [-0.4, -0.2) is 29.1 Å². The molecule has 1 amide bonds. The maximum absolute atomic E-state index is 10.8. The molecule has 0 saturated heterocycles. The normalized spacial score (nSPS) is 11.2. The monoisotopic (exact) mass is 188 g/mol. The van der Waals surface area contributed by atoms with Crippen LogP contribution in [0.1, 0.15) is 26.7 Å². The SMILES string of the molecule is CC(C)(NCCCC(=O)O)C(N)=O. The summed E-state index contributed by atoms with van der Waals surface area (Å²) in [5.41, 5.74) is 4.33. The van der Waals surface area contributed by atoms with Crippen molar-refractivity contribution in [2.75, 3.05) is 6.54 Å². The van der Waals surface area contributed by atoms with Crippen LogP contribution in [0, 0.1) is 0 Å². The van der Waals surface area contributed by atoms with E-state index in [2.05, 4.69) is 5.32 Å². The van der Waals surface area contributed by atoms with Gasteiger partial charge in [0.25, 0.3) is 0 Å². The number of carbonyl (C=O) groups excluding carboxylic acids is 1. The van der Waals surface area contributed by atoms with Gasteiger partial charge in [-0.25, -0.2) is 0 Å². The fourth-order valence-corrected chi connectivity index (χ4v) is 0.728. The maximum Gasteiger partial charge on any atom is 0.303 e. The Morgan fingerprint density at radius 2 is 2.00 bits per heavy atom. The topological polar surface area (TPSA) is 92.4 Å². The van der Waals surface area contributed by atoms with Crippen molar-refractivity contribution in [3.05, 3.63) is 0 Å². The average molecular weight is 188 g/mol. The molecule has 0 heterocycles. The van der Waals surface area contributed by atoms with Crippen molar-refractivity contribution in [2.24, 2.45) is 5.73 Å². The Hall–Kier alpha value is -1.10. The van der Waals surface area contributed by atoms with Crippen LogP contribution in [0.5, 0.6) is 0 Å². The minimum absolute atomic E-state index is 0.0990. The lowest BCUT2D eigenvalue weighted by Gasteiger charge is -2.21. The summed E-state index contributed by atoms with van der Waals surface area (Å²) in [7, 11) is 0. The summed E-state index contributed by atoms with van der Waals surface area (Å²) in [5.74, 6) is -1.28. The molecule has 0 radical (unpaired) electrons. The molecule has 0 aromatic carbocycles. The number of carboxylic acids is 1. The van der Waals surface area contributed by atoms with Crippen molar-refractivity contribution in [2.45, 2.75) is 32.2 Å². The van der Waals surface area contributed by atoms with Crippen LogP contribution in [0.25, 0.3) is 0 Å². The van der Waals surface area contributed by atoms with Crippen molar-refractivity contribution < 1.29 is 14.7 Å². The van der Waals surface area contributed by atoms with E-state index in [4.69, 9.17) is 10.8 Å². The highest BCUT2D eigenvalue weighted by atomic mass is 16.4. The Bertz CT molecular complexity index is 202. The van der Waals surface area contributed by atoms with Gasteiger partial charge in [-0.1, -0.05) is 0 Å². The molecule has 5 heteroatoms. The van der Waals surface area contributed by atoms with E-state index in [0.717, 1.165) is 0 Å². The van der Waals surface area contributed by atoms with Gasteiger partial charge in [0, 0.05) is 6.42 Å². The highest BCUT2D eigenvalue weighted by Gasteiger charge is 2.23. The molecular weight excluding hydrogens is 172 g/mol. The van der Waals surface area contributed by atoms with Crippen LogP contribution in [0.3, 0.4) is 0 Å². The minimum Gasteiger partial charge on any atom is -0.481 e. The molecule has 0 aliphatic heterocycles. The number of primary amides is 1. The standard InChI is InChI=1S/C8H16N2O3/c1-8(2,7(9)13)10-5-3-4-6(11)12/h10H,3-5H2,1-2H3,(H2,9,13)(H,11,12). The van der Waals surface area contributed by atoms with Crippen molar-refractivity contribution in [1.29, 1.82) is 0 Å². The van der Waals surface area contributed by atoms with Gasteiger partial charge in [-0.05, 0) is 26.8 Å². The molecular formula is C8H16N2O3. The smallest absolute Gasteiger partial charge is 0.303 e. The summed E-state index contributed by atoms with van der Waals surface area (Å²) in [4.78, 5) is 20.9. The average Bonchev–Trinajstić information content (AvgIpc) is 1.97. The zero-order valence-electron chi connectivity index (χ0n) is 7.96. The molecule has 76 valence electrons. The third kappa shape index (κ3) is 5.19. The molecule has 0 rings (SSSR count). The molecule has 0 saturated carbocycles. The summed E-state index contributed by atoms with van der Waals surface area (Å²) >= 11 is 0. The Morgan fingerprint density at radius 1 is 1.46 bits per heavy atom. The van der Waals surface area contributed by atoms with Gasteiger partial charge >= 0.3 is 5.97 Å². The zero-order chi connectivity index (χ0) is 10.5. The number of nitrogens with one attached hydrogen (secondary N) is 1. The van der Waals surface area contributed by atoms with Gasteiger partial charge in [0.1, 0.15) is 0 Å². The molecule has 0 aliphatic carbocycles. The van der Waals surface area contributed by atoms with Crippen LogP contribution in [0.4, 0.5) is 0 Å². The van der Waals surface area contributed by atoms with Gasteiger partial charge in [0.2, 0.25) is 5.91 Å². The summed E-state index contributed by atoms with van der Waals surface area (Å²) in [5, 5.41) is 11.2. The number of rotatable bonds is 6. The second-order valence-corrected chi connectivity index (χ2v) is 3.41. The van der Waals surface area contributed by atoms with Crippen LogP contribution in [0.2, 0.25) is 0 Å². The molecule has 4 N–H and O–H groups in total. The second kappa shape index (κ2) is 4.81. The van der Waals surface area contributed by atoms with Crippen molar-refractivity contribution >= 4 is 11.9 Å². The van der Waals surface area contributed by atoms with Gasteiger partial charge in [-0.2, -0.15) is 0 Å². The fraction of sp³-hybridized carbons (Fsp3) is 0.750. The molecule has 0 aromatic rings. The van der Waals surface area contributed by atoms with E-state index in [1.807, 2.05) is 0 Å². The predicted molar refractivity (Wildman–Crippen MR) is 48.1 cm³/mol. The van der Waals surface area contributed by atoms with E-state index in [9.17, 15) is 9.59 Å². The quantitative estimate of drug-likeness (QED) is 0.499. The lowest BCUT2D eigenvalue weighted by Crippen LogP contribution is -2.50. The predicted octanol–water partition coefficient (Wildman–Crippen LogP) is -0.295. The van der Waals surface area contributed by atoms with E-state index in [1.54, 1.807) is 13.8 Å². The molecule has 0 atom stereocenters. The molecule has 0 bridgehead atoms. The van der Waals surface area contributed by atoms with Gasteiger partial charge < -0.3 is 16.2 Å². The highest BCUT2D eigenvalue weighted by Crippen LogP contribution is 2.00. The second-order valence-electron chi connectivity index (χ2n) is 3.41. The number of nitrogens with two attached hydrogens (primary N) is 1. The van der Waals surface area contributed by atoms with Gasteiger partial charge in [-0.15, -0.1) is 0 Å². The third-order valence-corrected chi connectivity index (χ3v) is 1.75. The molecule has 0 spiro atoms. The van der Waals surface area contributed by atoms with Crippen LogP contribution >= 0.6 is 0 Å². The molecule has 0 aliphatic rings. The Balaban J connectivity index is 3.64. The van der Waals surface area contributed by atoms with Gasteiger partial charge in [-0.3, -0.25) is 9.59 Å². The maximum atomic E-state index is 10.8. The molecule has 13 heavy (non-hydrogen) atoms.